The molecule has 0 spiro atoms. The van der Waals surface area contributed by atoms with Gasteiger partial charge in [-0.3, -0.25) is 14.9 Å². The van der Waals surface area contributed by atoms with Crippen LogP contribution in [0.25, 0.3) is 0 Å². The highest BCUT2D eigenvalue weighted by atomic mass is 32.1. The molecule has 2 heterocycles. The Labute approximate surface area is 191 Å². The minimum absolute atomic E-state index is 0.238. The second-order valence-corrected chi connectivity index (χ2v) is 10.2. The summed E-state index contributed by atoms with van der Waals surface area (Å²) < 4.78 is 5.56. The molecule has 5 rings (SSSR count). The molecule has 9 heteroatoms. The number of ether oxygens (including phenoxy) is 1. The van der Waals surface area contributed by atoms with Gasteiger partial charge >= 0.3 is 5.97 Å². The average molecular weight is 456 g/mol. The summed E-state index contributed by atoms with van der Waals surface area (Å²) in [6, 6.07) is 7.23. The standard InChI is InChI=1S/C23H29N5O3S/c1-13-26-27-23(32-13)25-22(30)18-5-3-4-17(21(18)31-14(2)29)19-12-20(19)24-15-8-10-28(11-9-15)16-6-7-16/h3-5,15-16,19-20,24H,6-12H2,1-2H3,(H,25,27,30). The van der Waals surface area contributed by atoms with Crippen molar-refractivity contribution in [1.29, 1.82) is 0 Å². The van der Waals surface area contributed by atoms with Gasteiger partial charge in [0.1, 0.15) is 10.8 Å². The first kappa shape index (κ1) is 21.5. The predicted octanol–water partition coefficient (Wildman–Crippen LogP) is 3.10. The normalized spacial score (nSPS) is 23.7. The van der Waals surface area contributed by atoms with Crippen molar-refractivity contribution in [2.75, 3.05) is 18.4 Å². The van der Waals surface area contributed by atoms with Gasteiger partial charge in [-0.15, -0.1) is 10.2 Å². The maximum Gasteiger partial charge on any atom is 0.308 e. The lowest BCUT2D eigenvalue weighted by Gasteiger charge is -2.32. The van der Waals surface area contributed by atoms with Gasteiger partial charge in [-0.2, -0.15) is 0 Å². The van der Waals surface area contributed by atoms with Crippen LogP contribution in [0.15, 0.2) is 18.2 Å². The lowest BCUT2D eigenvalue weighted by Crippen LogP contribution is -2.44. The van der Waals surface area contributed by atoms with Gasteiger partial charge in [0.05, 0.1) is 5.56 Å². The summed E-state index contributed by atoms with van der Waals surface area (Å²) in [6.45, 7) is 5.55. The van der Waals surface area contributed by atoms with E-state index in [-0.39, 0.29) is 11.8 Å². The largest absolute Gasteiger partial charge is 0.426 e. The van der Waals surface area contributed by atoms with Crippen LogP contribution in [-0.2, 0) is 4.79 Å². The number of rotatable bonds is 7. The minimum Gasteiger partial charge on any atom is -0.426 e. The first-order valence-corrected chi connectivity index (χ1v) is 12.2. The van der Waals surface area contributed by atoms with E-state index in [1.165, 1.54) is 57.0 Å². The molecule has 0 bridgehead atoms. The zero-order valence-electron chi connectivity index (χ0n) is 18.5. The Hall–Kier alpha value is -2.36. The van der Waals surface area contributed by atoms with Crippen LogP contribution in [0.1, 0.15) is 65.9 Å². The van der Waals surface area contributed by atoms with Crippen LogP contribution >= 0.6 is 11.3 Å². The van der Waals surface area contributed by atoms with Crippen molar-refractivity contribution in [2.24, 2.45) is 0 Å². The summed E-state index contributed by atoms with van der Waals surface area (Å²) in [5.74, 6) is -0.188. The Morgan fingerprint density at radius 2 is 1.94 bits per heavy atom. The maximum atomic E-state index is 12.9. The van der Waals surface area contributed by atoms with Crippen molar-refractivity contribution >= 4 is 28.3 Å². The van der Waals surface area contributed by atoms with Gasteiger partial charge in [0.25, 0.3) is 5.91 Å². The SMILES string of the molecule is CC(=O)Oc1c(C(=O)Nc2nnc(C)s2)cccc1C1CC1NC1CCN(C2CC2)CC1. The van der Waals surface area contributed by atoms with Crippen molar-refractivity contribution in [3.8, 4) is 5.75 Å². The molecule has 8 nitrogen and oxygen atoms in total. The third-order valence-electron chi connectivity index (χ3n) is 6.51. The lowest BCUT2D eigenvalue weighted by molar-refractivity contribution is -0.131. The number of hydrogen-bond donors (Lipinski definition) is 2. The molecule has 2 N–H and O–H groups in total. The molecule has 1 aromatic heterocycles. The number of amides is 1. The molecular formula is C23H29N5O3S. The van der Waals surface area contributed by atoms with Crippen LogP contribution < -0.4 is 15.4 Å². The molecule has 170 valence electrons. The monoisotopic (exact) mass is 455 g/mol. The fraction of sp³-hybridized carbons (Fsp3) is 0.565. The van der Waals surface area contributed by atoms with Gasteiger partial charge in [0, 0.05) is 36.5 Å². The molecule has 1 aliphatic heterocycles. The molecule has 0 radical (unpaired) electrons. The Morgan fingerprint density at radius 3 is 2.59 bits per heavy atom. The highest BCUT2D eigenvalue weighted by Gasteiger charge is 2.43. The molecular weight excluding hydrogens is 426 g/mol. The Morgan fingerprint density at radius 1 is 1.16 bits per heavy atom. The summed E-state index contributed by atoms with van der Waals surface area (Å²) in [5, 5.41) is 15.7. The van der Waals surface area contributed by atoms with Crippen LogP contribution in [0.2, 0.25) is 0 Å². The van der Waals surface area contributed by atoms with E-state index in [0.29, 0.717) is 28.5 Å². The number of likely N-dealkylation sites (tertiary alicyclic amines) is 1. The molecule has 3 fully saturated rings. The van der Waals surface area contributed by atoms with Gasteiger partial charge in [0.2, 0.25) is 5.13 Å². The lowest BCUT2D eigenvalue weighted by atomic mass is 10.0. The van der Waals surface area contributed by atoms with Crippen LogP contribution in [-0.4, -0.2) is 58.2 Å². The third kappa shape index (κ3) is 4.84. The number of piperidine rings is 1. The van der Waals surface area contributed by atoms with Gasteiger partial charge in [-0.25, -0.2) is 0 Å². The first-order valence-electron chi connectivity index (χ1n) is 11.4. The highest BCUT2D eigenvalue weighted by Crippen LogP contribution is 2.46. The van der Waals surface area contributed by atoms with E-state index in [4.69, 9.17) is 4.74 Å². The summed E-state index contributed by atoms with van der Waals surface area (Å²) in [4.78, 5) is 27.4. The maximum absolute atomic E-state index is 12.9. The molecule has 1 amide bonds. The number of para-hydroxylation sites is 1. The smallest absolute Gasteiger partial charge is 0.308 e. The molecule has 1 saturated heterocycles. The zero-order valence-corrected chi connectivity index (χ0v) is 19.3. The summed E-state index contributed by atoms with van der Waals surface area (Å²) in [7, 11) is 0. The number of esters is 1. The van der Waals surface area contributed by atoms with E-state index in [0.717, 1.165) is 23.0 Å². The van der Waals surface area contributed by atoms with Crippen LogP contribution in [0.3, 0.4) is 0 Å². The zero-order chi connectivity index (χ0) is 22.2. The third-order valence-corrected chi connectivity index (χ3v) is 7.27. The Kier molecular flexibility index (Phi) is 5.96. The molecule has 2 unspecified atom stereocenters. The molecule has 3 aliphatic rings. The van der Waals surface area contributed by atoms with E-state index >= 15 is 0 Å². The van der Waals surface area contributed by atoms with E-state index in [2.05, 4.69) is 25.7 Å². The number of anilines is 1. The van der Waals surface area contributed by atoms with Gasteiger partial charge in [-0.05, 0) is 58.2 Å². The number of aromatic nitrogens is 2. The van der Waals surface area contributed by atoms with E-state index < -0.39 is 5.97 Å². The fourth-order valence-corrected chi connectivity index (χ4v) is 5.28. The second kappa shape index (κ2) is 8.88. The fourth-order valence-electron chi connectivity index (χ4n) is 4.69. The van der Waals surface area contributed by atoms with E-state index in [1.54, 1.807) is 6.07 Å². The molecule has 2 saturated carbocycles. The number of hydrogen-bond acceptors (Lipinski definition) is 8. The summed E-state index contributed by atoms with van der Waals surface area (Å²) in [5.41, 5.74) is 1.25. The van der Waals surface area contributed by atoms with Gasteiger partial charge < -0.3 is 15.0 Å². The van der Waals surface area contributed by atoms with Crippen molar-refractivity contribution in [2.45, 2.75) is 70.0 Å². The molecule has 1 aromatic carbocycles. The molecule has 2 aliphatic carbocycles. The van der Waals surface area contributed by atoms with Crippen LogP contribution in [0, 0.1) is 6.92 Å². The van der Waals surface area contributed by atoms with E-state index in [9.17, 15) is 9.59 Å². The number of carbonyl (C=O) groups is 2. The van der Waals surface area contributed by atoms with Crippen molar-refractivity contribution in [1.82, 2.24) is 20.4 Å². The quantitative estimate of drug-likeness (QED) is 0.489. The number of aryl methyl sites for hydroxylation is 1. The first-order chi connectivity index (χ1) is 15.5. The number of nitrogens with zero attached hydrogens (tertiary/aromatic N) is 3. The number of carbonyl (C=O) groups excluding carboxylic acids is 2. The predicted molar refractivity (Wildman–Crippen MR) is 122 cm³/mol. The van der Waals surface area contributed by atoms with Crippen molar-refractivity contribution < 1.29 is 14.3 Å². The van der Waals surface area contributed by atoms with Gasteiger partial charge in [0.15, 0.2) is 0 Å². The Bertz CT molecular complexity index is 1010. The molecule has 2 atom stereocenters. The second-order valence-electron chi connectivity index (χ2n) is 9.05. The van der Waals surface area contributed by atoms with Crippen molar-refractivity contribution in [3.63, 3.8) is 0 Å². The minimum atomic E-state index is -0.434. The topological polar surface area (TPSA) is 96.5 Å². The Balaban J connectivity index is 1.27. The average Bonchev–Trinajstić information content (AvgIpc) is 3.68. The summed E-state index contributed by atoms with van der Waals surface area (Å²) in [6.07, 6.45) is 6.08. The van der Waals surface area contributed by atoms with E-state index in [1.807, 2.05) is 19.1 Å². The van der Waals surface area contributed by atoms with Crippen LogP contribution in [0.5, 0.6) is 5.75 Å². The highest BCUT2D eigenvalue weighted by molar-refractivity contribution is 7.15. The summed E-state index contributed by atoms with van der Waals surface area (Å²) >= 11 is 1.30. The van der Waals surface area contributed by atoms with Gasteiger partial charge in [-0.1, -0.05) is 23.5 Å². The number of nitrogens with one attached hydrogen (secondary N) is 2. The molecule has 32 heavy (non-hydrogen) atoms. The molecule has 2 aromatic rings. The number of benzene rings is 1. The van der Waals surface area contributed by atoms with Crippen LogP contribution in [0.4, 0.5) is 5.13 Å². The van der Waals surface area contributed by atoms with Crippen molar-refractivity contribution in [3.05, 3.63) is 34.3 Å².